The van der Waals surface area contributed by atoms with E-state index in [1.165, 1.54) is 18.2 Å². The van der Waals surface area contributed by atoms with Crippen LogP contribution >= 0.6 is 0 Å². The van der Waals surface area contributed by atoms with E-state index in [4.69, 9.17) is 9.31 Å². The molecule has 1 saturated heterocycles. The lowest BCUT2D eigenvalue weighted by atomic mass is 9.79. The summed E-state index contributed by atoms with van der Waals surface area (Å²) in [6.07, 6.45) is 0.487. The van der Waals surface area contributed by atoms with Gasteiger partial charge in [-0.1, -0.05) is 43.5 Å². The molecule has 0 radical (unpaired) electrons. The third-order valence-corrected chi connectivity index (χ3v) is 5.33. The summed E-state index contributed by atoms with van der Waals surface area (Å²) in [5, 5.41) is 0. The van der Waals surface area contributed by atoms with Gasteiger partial charge < -0.3 is 9.31 Å². The van der Waals surface area contributed by atoms with Gasteiger partial charge in [-0.05, 0) is 30.2 Å². The number of rotatable bonds is 6. The average molecular weight is 373 g/mol. The fourth-order valence-corrected chi connectivity index (χ4v) is 3.50. The maximum absolute atomic E-state index is 13.2. The molecule has 2 aromatic rings. The van der Waals surface area contributed by atoms with E-state index < -0.39 is 23.0 Å². The molecular formula is C18H17BFNO4S. The van der Waals surface area contributed by atoms with Crippen molar-refractivity contribution in [2.75, 3.05) is 6.54 Å². The highest BCUT2D eigenvalue weighted by molar-refractivity contribution is 7.89. The van der Waals surface area contributed by atoms with Gasteiger partial charge in [0.1, 0.15) is 17.3 Å². The zero-order valence-electron chi connectivity index (χ0n) is 13.9. The van der Waals surface area contributed by atoms with Gasteiger partial charge in [0.15, 0.2) is 0 Å². The highest BCUT2D eigenvalue weighted by Crippen LogP contribution is 2.20. The highest BCUT2D eigenvalue weighted by Gasteiger charge is 2.34. The number of nitrogens with one attached hydrogen (secondary N) is 1. The van der Waals surface area contributed by atoms with Crippen LogP contribution in [0.2, 0.25) is 0 Å². The highest BCUT2D eigenvalue weighted by atomic mass is 32.2. The van der Waals surface area contributed by atoms with E-state index in [0.717, 1.165) is 17.1 Å². The number of sulfonamides is 1. The van der Waals surface area contributed by atoms with Crippen LogP contribution in [0.15, 0.2) is 78.1 Å². The Kier molecular flexibility index (Phi) is 5.15. The van der Waals surface area contributed by atoms with Crippen LogP contribution in [0.25, 0.3) is 0 Å². The van der Waals surface area contributed by atoms with Gasteiger partial charge in [-0.15, -0.1) is 0 Å². The van der Waals surface area contributed by atoms with Crippen LogP contribution < -0.4 is 10.2 Å². The van der Waals surface area contributed by atoms with Crippen molar-refractivity contribution in [1.82, 2.24) is 4.72 Å². The second-order valence-electron chi connectivity index (χ2n) is 5.76. The Morgan fingerprint density at radius 1 is 1.04 bits per heavy atom. The summed E-state index contributed by atoms with van der Waals surface area (Å²) in [7, 11) is -4.30. The molecule has 0 bridgehead atoms. The molecule has 134 valence electrons. The van der Waals surface area contributed by atoms with Crippen molar-refractivity contribution < 1.29 is 22.1 Å². The standard InChI is InChI=1S/C18H17BFNO4S/c1-13-14(2)25-19(24-13)16-8-6-15(7-9-16)10-11-21-26(22,23)18-5-3-4-17(20)12-18/h3-9,12,21H,1-2,10-11H2. The molecule has 1 N–H and O–H groups in total. The molecule has 5 nitrogen and oxygen atoms in total. The maximum Gasteiger partial charge on any atom is 0.632 e. The van der Waals surface area contributed by atoms with E-state index in [1.54, 1.807) is 0 Å². The predicted octanol–water partition coefficient (Wildman–Crippen LogP) is 2.12. The summed E-state index contributed by atoms with van der Waals surface area (Å²) in [4.78, 5) is -0.0937. The van der Waals surface area contributed by atoms with Crippen molar-refractivity contribution in [1.29, 1.82) is 0 Å². The van der Waals surface area contributed by atoms with E-state index >= 15 is 0 Å². The number of halogens is 1. The Hall–Kier alpha value is -2.58. The molecule has 1 heterocycles. The quantitative estimate of drug-likeness (QED) is 0.788. The fourth-order valence-electron chi connectivity index (χ4n) is 2.44. The average Bonchev–Trinajstić information content (AvgIpc) is 2.94. The summed E-state index contributed by atoms with van der Waals surface area (Å²) in [6.45, 7) is 7.57. The number of benzene rings is 2. The molecule has 0 aliphatic carbocycles. The molecule has 0 aromatic heterocycles. The van der Waals surface area contributed by atoms with Gasteiger partial charge in [0.05, 0.1) is 4.90 Å². The third-order valence-electron chi connectivity index (χ3n) is 3.87. The molecular weight excluding hydrogens is 356 g/mol. The Labute approximate surface area is 152 Å². The summed E-state index contributed by atoms with van der Waals surface area (Å²) < 4.78 is 50.8. The van der Waals surface area contributed by atoms with Crippen LogP contribution in [-0.4, -0.2) is 22.1 Å². The van der Waals surface area contributed by atoms with Crippen LogP contribution in [0.1, 0.15) is 5.56 Å². The van der Waals surface area contributed by atoms with Gasteiger partial charge in [0.2, 0.25) is 10.0 Å². The summed E-state index contributed by atoms with van der Waals surface area (Å²) in [5.41, 5.74) is 1.75. The third kappa shape index (κ3) is 4.15. The van der Waals surface area contributed by atoms with E-state index in [1.807, 2.05) is 24.3 Å². The van der Waals surface area contributed by atoms with Crippen LogP contribution in [-0.2, 0) is 25.8 Å². The minimum absolute atomic E-state index is 0.0937. The molecule has 1 aliphatic heterocycles. The first-order valence-corrected chi connectivity index (χ1v) is 9.39. The van der Waals surface area contributed by atoms with Gasteiger partial charge in [-0.2, -0.15) is 0 Å². The second kappa shape index (κ2) is 7.35. The fraction of sp³-hybridized carbons (Fsp3) is 0.111. The van der Waals surface area contributed by atoms with Gasteiger partial charge in [0.25, 0.3) is 0 Å². The van der Waals surface area contributed by atoms with Crippen molar-refractivity contribution in [3.8, 4) is 0 Å². The predicted molar refractivity (Wildman–Crippen MR) is 97.6 cm³/mol. The summed E-state index contributed by atoms with van der Waals surface area (Å²) in [5.74, 6) is 0.224. The first kappa shape index (κ1) is 18.2. The lowest BCUT2D eigenvalue weighted by Gasteiger charge is -2.08. The van der Waals surface area contributed by atoms with Crippen molar-refractivity contribution in [2.24, 2.45) is 0 Å². The maximum atomic E-state index is 13.2. The van der Waals surface area contributed by atoms with E-state index in [0.29, 0.717) is 17.9 Å². The van der Waals surface area contributed by atoms with Crippen molar-refractivity contribution >= 4 is 22.6 Å². The van der Waals surface area contributed by atoms with Crippen LogP contribution in [0.3, 0.4) is 0 Å². The molecule has 0 unspecified atom stereocenters. The lowest BCUT2D eigenvalue weighted by molar-refractivity contribution is 0.431. The second-order valence-corrected chi connectivity index (χ2v) is 7.53. The first-order chi connectivity index (χ1) is 12.3. The first-order valence-electron chi connectivity index (χ1n) is 7.91. The molecule has 1 fully saturated rings. The Morgan fingerprint density at radius 3 is 2.31 bits per heavy atom. The largest absolute Gasteiger partial charge is 0.632 e. The number of hydrogen-bond acceptors (Lipinski definition) is 4. The topological polar surface area (TPSA) is 64.6 Å². The van der Waals surface area contributed by atoms with Crippen LogP contribution in [0.5, 0.6) is 0 Å². The van der Waals surface area contributed by atoms with Crippen molar-refractivity contribution in [3.63, 3.8) is 0 Å². The molecule has 2 aromatic carbocycles. The van der Waals surface area contributed by atoms with Crippen molar-refractivity contribution in [2.45, 2.75) is 11.3 Å². The molecule has 0 spiro atoms. The minimum atomic E-state index is -3.74. The Bertz CT molecular complexity index is 928. The van der Waals surface area contributed by atoms with Gasteiger partial charge in [0, 0.05) is 12.0 Å². The lowest BCUT2D eigenvalue weighted by Crippen LogP contribution is -2.31. The summed E-state index contributed by atoms with van der Waals surface area (Å²) in [6, 6.07) is 12.3. The molecule has 0 amide bonds. The SMILES string of the molecule is C=C1OB(c2ccc(CCNS(=O)(=O)c3cccc(F)c3)cc2)OC1=C. The Balaban J connectivity index is 1.57. The minimum Gasteiger partial charge on any atom is -0.520 e. The van der Waals surface area contributed by atoms with Crippen molar-refractivity contribution in [3.05, 3.63) is 84.6 Å². The molecule has 0 atom stereocenters. The summed E-state index contributed by atoms with van der Waals surface area (Å²) >= 11 is 0. The normalized spacial score (nSPS) is 14.3. The zero-order valence-corrected chi connectivity index (χ0v) is 14.8. The smallest absolute Gasteiger partial charge is 0.520 e. The molecule has 26 heavy (non-hydrogen) atoms. The van der Waals surface area contributed by atoms with Gasteiger partial charge in [-0.3, -0.25) is 0 Å². The molecule has 0 saturated carbocycles. The Morgan fingerprint density at radius 2 is 1.69 bits per heavy atom. The molecule has 1 aliphatic rings. The van der Waals surface area contributed by atoms with E-state index in [9.17, 15) is 12.8 Å². The molecule has 3 rings (SSSR count). The molecule has 8 heteroatoms. The van der Waals surface area contributed by atoms with E-state index in [-0.39, 0.29) is 11.4 Å². The van der Waals surface area contributed by atoms with Crippen LogP contribution in [0.4, 0.5) is 4.39 Å². The monoisotopic (exact) mass is 373 g/mol. The zero-order chi connectivity index (χ0) is 18.7. The van der Waals surface area contributed by atoms with Crippen LogP contribution in [0, 0.1) is 5.82 Å². The number of hydrogen-bond donors (Lipinski definition) is 1. The van der Waals surface area contributed by atoms with Gasteiger partial charge >= 0.3 is 7.12 Å². The van der Waals surface area contributed by atoms with E-state index in [2.05, 4.69) is 17.9 Å². The van der Waals surface area contributed by atoms with Gasteiger partial charge in [-0.25, -0.2) is 17.5 Å².